The molecule has 0 aliphatic carbocycles. The predicted molar refractivity (Wildman–Crippen MR) is 88.4 cm³/mol. The Balaban J connectivity index is 4.12. The van der Waals surface area contributed by atoms with Gasteiger partial charge >= 0.3 is 0 Å². The molecule has 0 N–H and O–H groups in total. The smallest absolute Gasteiger partial charge is 0.0789 e. The van der Waals surface area contributed by atoms with Crippen LogP contribution in [-0.4, -0.2) is 30.7 Å². The number of unbranched alkanes of at least 4 members (excludes halogenated alkanes) is 1. The van der Waals surface area contributed by atoms with Crippen LogP contribution in [0.25, 0.3) is 0 Å². The maximum absolute atomic E-state index is 2.43. The van der Waals surface area contributed by atoms with Crippen LogP contribution in [0.1, 0.15) is 73.6 Å². The average Bonchev–Trinajstić information content (AvgIpc) is 2.39. The van der Waals surface area contributed by atoms with Gasteiger partial charge < -0.3 is 4.48 Å². The summed E-state index contributed by atoms with van der Waals surface area (Å²) in [4.78, 5) is 0. The first kappa shape index (κ1) is 18.7. The molecule has 0 aliphatic heterocycles. The van der Waals surface area contributed by atoms with Crippen LogP contribution >= 0.6 is 0 Å². The molecule has 0 heterocycles. The molecule has 0 aromatic carbocycles. The Bertz CT molecular complexity index is 234. The Morgan fingerprint density at radius 1 is 1.00 bits per heavy atom. The van der Waals surface area contributed by atoms with E-state index in [1.807, 2.05) is 0 Å². The van der Waals surface area contributed by atoms with Crippen LogP contribution in [0.4, 0.5) is 0 Å². The van der Waals surface area contributed by atoms with Gasteiger partial charge in [0.25, 0.3) is 0 Å². The van der Waals surface area contributed by atoms with Gasteiger partial charge in [-0.15, -0.1) is 0 Å². The summed E-state index contributed by atoms with van der Waals surface area (Å²) in [5.41, 5.74) is 1.46. The van der Waals surface area contributed by atoms with Crippen molar-refractivity contribution >= 4 is 0 Å². The summed E-state index contributed by atoms with van der Waals surface area (Å²) in [6.45, 7) is 19.2. The van der Waals surface area contributed by atoms with E-state index in [2.05, 4.69) is 47.6 Å². The van der Waals surface area contributed by atoms with Crippen molar-refractivity contribution in [2.75, 3.05) is 26.2 Å². The lowest BCUT2D eigenvalue weighted by Crippen LogP contribution is -2.49. The molecule has 0 aliphatic rings. The Morgan fingerprint density at radius 3 is 2.11 bits per heavy atom. The minimum absolute atomic E-state index is 0.868. The van der Waals surface area contributed by atoms with Crippen LogP contribution in [-0.2, 0) is 0 Å². The van der Waals surface area contributed by atoms with Crippen LogP contribution < -0.4 is 0 Å². The van der Waals surface area contributed by atoms with Gasteiger partial charge in [0.15, 0.2) is 0 Å². The summed E-state index contributed by atoms with van der Waals surface area (Å²) in [7, 11) is 0. The fourth-order valence-corrected chi connectivity index (χ4v) is 2.76. The highest BCUT2D eigenvalue weighted by Crippen LogP contribution is 2.17. The van der Waals surface area contributed by atoms with Crippen molar-refractivity contribution in [2.24, 2.45) is 5.92 Å². The normalized spacial score (nSPS) is 13.4. The lowest BCUT2D eigenvalue weighted by Gasteiger charge is -2.37. The first-order chi connectivity index (χ1) is 8.99. The third-order valence-corrected chi connectivity index (χ3v) is 4.64. The molecule has 1 heteroatoms. The first-order valence-corrected chi connectivity index (χ1v) is 8.48. The maximum Gasteiger partial charge on any atom is 0.0789 e. The fraction of sp³-hybridized carbons (Fsp3) is 0.889. The van der Waals surface area contributed by atoms with Crippen LogP contribution in [0.2, 0.25) is 0 Å². The zero-order valence-electron chi connectivity index (χ0n) is 14.5. The van der Waals surface area contributed by atoms with Gasteiger partial charge in [-0.25, -0.2) is 0 Å². The molecule has 0 aromatic rings. The van der Waals surface area contributed by atoms with Crippen LogP contribution in [0, 0.1) is 5.92 Å². The van der Waals surface area contributed by atoms with E-state index in [0.29, 0.717) is 0 Å². The van der Waals surface area contributed by atoms with Gasteiger partial charge in [0, 0.05) is 0 Å². The topological polar surface area (TPSA) is 0 Å². The molecule has 114 valence electrons. The van der Waals surface area contributed by atoms with Crippen LogP contribution in [0.3, 0.4) is 0 Å². The van der Waals surface area contributed by atoms with Gasteiger partial charge in [0.2, 0.25) is 0 Å². The second-order valence-electron chi connectivity index (χ2n) is 6.53. The van der Waals surface area contributed by atoms with Gasteiger partial charge in [0.1, 0.15) is 0 Å². The number of nitrogens with zero attached hydrogens (tertiary/aromatic N) is 1. The lowest BCUT2D eigenvalue weighted by atomic mass is 10.00. The number of rotatable bonds is 11. The van der Waals surface area contributed by atoms with E-state index in [-0.39, 0.29) is 0 Å². The van der Waals surface area contributed by atoms with E-state index in [9.17, 15) is 0 Å². The molecule has 0 aromatic heterocycles. The first-order valence-electron chi connectivity index (χ1n) is 8.48. The molecule has 0 radical (unpaired) electrons. The average molecular weight is 269 g/mol. The van der Waals surface area contributed by atoms with Crippen molar-refractivity contribution in [1.82, 2.24) is 0 Å². The third kappa shape index (κ3) is 8.47. The van der Waals surface area contributed by atoms with Gasteiger partial charge in [-0.1, -0.05) is 31.9 Å². The molecule has 0 saturated heterocycles. The van der Waals surface area contributed by atoms with E-state index in [1.165, 1.54) is 68.3 Å². The van der Waals surface area contributed by atoms with E-state index >= 15 is 0 Å². The van der Waals surface area contributed by atoms with Crippen molar-refractivity contribution in [3.05, 3.63) is 11.6 Å². The highest BCUT2D eigenvalue weighted by molar-refractivity contribution is 4.92. The summed E-state index contributed by atoms with van der Waals surface area (Å²) in [6.07, 6.45) is 9.10. The monoisotopic (exact) mass is 268 g/mol. The molecule has 0 bridgehead atoms. The molecule has 0 amide bonds. The predicted octanol–water partition coefficient (Wildman–Crippen LogP) is 5.42. The standard InChI is InChI=1S/C18H38N/c1-7-10-15-19(8-2,9-3)16-14-18(6)13-11-12-17(4)5/h12,18H,7-11,13-16H2,1-6H3/q+1/t18-/m1/s1. The van der Waals surface area contributed by atoms with E-state index in [0.717, 1.165) is 5.92 Å². The number of allylic oxidation sites excluding steroid dienone is 2. The van der Waals surface area contributed by atoms with Gasteiger partial charge in [0.05, 0.1) is 26.2 Å². The minimum atomic E-state index is 0.868. The lowest BCUT2D eigenvalue weighted by molar-refractivity contribution is -0.925. The Morgan fingerprint density at radius 2 is 1.63 bits per heavy atom. The van der Waals surface area contributed by atoms with E-state index in [4.69, 9.17) is 0 Å². The number of hydrogen-bond donors (Lipinski definition) is 0. The summed E-state index contributed by atoms with van der Waals surface area (Å²) in [6, 6.07) is 0. The van der Waals surface area contributed by atoms with E-state index in [1.54, 1.807) is 0 Å². The van der Waals surface area contributed by atoms with E-state index < -0.39 is 0 Å². The Labute approximate surface area is 122 Å². The van der Waals surface area contributed by atoms with Crippen molar-refractivity contribution in [3.63, 3.8) is 0 Å². The van der Waals surface area contributed by atoms with Crippen molar-refractivity contribution in [2.45, 2.75) is 73.6 Å². The summed E-state index contributed by atoms with van der Waals surface area (Å²) >= 11 is 0. The Kier molecular flexibility index (Phi) is 10.3. The molecule has 0 spiro atoms. The van der Waals surface area contributed by atoms with Crippen LogP contribution in [0.5, 0.6) is 0 Å². The highest BCUT2D eigenvalue weighted by atomic mass is 15.3. The quantitative estimate of drug-likeness (QED) is 0.347. The molecule has 1 nitrogen and oxygen atoms in total. The zero-order valence-corrected chi connectivity index (χ0v) is 14.5. The second kappa shape index (κ2) is 10.5. The zero-order chi connectivity index (χ0) is 14.7. The highest BCUT2D eigenvalue weighted by Gasteiger charge is 2.22. The molecule has 1 atom stereocenters. The third-order valence-electron chi connectivity index (χ3n) is 4.64. The summed E-state index contributed by atoms with van der Waals surface area (Å²) in [5.74, 6) is 0.868. The summed E-state index contributed by atoms with van der Waals surface area (Å²) in [5, 5.41) is 0. The fourth-order valence-electron chi connectivity index (χ4n) is 2.76. The molecule has 0 rings (SSSR count). The number of hydrogen-bond acceptors (Lipinski definition) is 0. The maximum atomic E-state index is 2.43. The molecular formula is C18H38N+. The minimum Gasteiger partial charge on any atom is -0.324 e. The second-order valence-corrected chi connectivity index (χ2v) is 6.53. The van der Waals surface area contributed by atoms with Gasteiger partial charge in [-0.05, 0) is 59.3 Å². The summed E-state index contributed by atoms with van der Waals surface area (Å²) < 4.78 is 1.33. The Hall–Kier alpha value is -0.300. The van der Waals surface area contributed by atoms with Crippen molar-refractivity contribution in [3.8, 4) is 0 Å². The van der Waals surface area contributed by atoms with Crippen molar-refractivity contribution < 1.29 is 4.48 Å². The largest absolute Gasteiger partial charge is 0.324 e. The molecule has 0 fully saturated rings. The SMILES string of the molecule is CCCC[N+](CC)(CC)CC[C@H](C)CCC=C(C)C. The van der Waals surface area contributed by atoms with Gasteiger partial charge in [-0.2, -0.15) is 0 Å². The van der Waals surface area contributed by atoms with Crippen molar-refractivity contribution in [1.29, 1.82) is 0 Å². The van der Waals surface area contributed by atoms with Crippen LogP contribution in [0.15, 0.2) is 11.6 Å². The van der Waals surface area contributed by atoms with Gasteiger partial charge in [-0.3, -0.25) is 0 Å². The molecule has 0 unspecified atom stereocenters. The molecule has 19 heavy (non-hydrogen) atoms. The number of quaternary nitrogens is 1. The molecular weight excluding hydrogens is 230 g/mol. The molecule has 0 saturated carbocycles.